The van der Waals surface area contributed by atoms with Gasteiger partial charge in [-0.25, -0.2) is 0 Å². The molecule has 0 spiro atoms. The van der Waals surface area contributed by atoms with Crippen LogP contribution in [0, 0.1) is 13.8 Å². The van der Waals surface area contributed by atoms with Gasteiger partial charge in [0, 0.05) is 4.88 Å². The average Bonchev–Trinajstić information content (AvgIpc) is 2.98. The highest BCUT2D eigenvalue weighted by atomic mass is 32.1. The Balaban J connectivity index is 1.96. The highest BCUT2D eigenvalue weighted by Gasteiger charge is 2.08. The molecule has 3 aromatic rings. The van der Waals surface area contributed by atoms with Crippen molar-refractivity contribution in [2.45, 2.75) is 13.8 Å². The number of thiophene rings is 1. The van der Waals surface area contributed by atoms with Gasteiger partial charge < -0.3 is 0 Å². The third-order valence-corrected chi connectivity index (χ3v) is 3.64. The third kappa shape index (κ3) is 2.04. The van der Waals surface area contributed by atoms with Gasteiger partial charge in [0.05, 0.1) is 10.6 Å². The number of aromatic nitrogens is 4. The second-order valence-corrected chi connectivity index (χ2v) is 5.44. The third-order valence-electron chi connectivity index (χ3n) is 2.64. The van der Waals surface area contributed by atoms with Crippen LogP contribution in [-0.4, -0.2) is 20.2 Å². The van der Waals surface area contributed by atoms with Gasteiger partial charge in [-0.2, -0.15) is 0 Å². The van der Waals surface area contributed by atoms with Gasteiger partial charge in [-0.05, 0) is 43.3 Å². The van der Waals surface area contributed by atoms with Crippen LogP contribution in [-0.2, 0) is 0 Å². The molecule has 0 fully saturated rings. The van der Waals surface area contributed by atoms with E-state index in [-0.39, 0.29) is 0 Å². The van der Waals surface area contributed by atoms with Crippen LogP contribution in [0.3, 0.4) is 0 Å². The summed E-state index contributed by atoms with van der Waals surface area (Å²) < 4.78 is 0. The monoisotopic (exact) mass is 256 g/mol. The Morgan fingerprint density at radius 3 is 2.44 bits per heavy atom. The van der Waals surface area contributed by atoms with Crippen molar-refractivity contribution in [2.24, 2.45) is 0 Å². The summed E-state index contributed by atoms with van der Waals surface area (Å²) in [5, 5.41) is 12.6. The van der Waals surface area contributed by atoms with E-state index in [1.54, 1.807) is 16.1 Å². The van der Waals surface area contributed by atoms with Gasteiger partial charge in [0.2, 0.25) is 5.82 Å². The zero-order valence-electron chi connectivity index (χ0n) is 10.2. The lowest BCUT2D eigenvalue weighted by molar-refractivity contribution is 0.720. The van der Waals surface area contributed by atoms with Gasteiger partial charge in [0.1, 0.15) is 0 Å². The van der Waals surface area contributed by atoms with Crippen LogP contribution in [0.25, 0.3) is 16.4 Å². The van der Waals surface area contributed by atoms with Gasteiger partial charge in [0.25, 0.3) is 0 Å². The molecule has 3 rings (SSSR count). The van der Waals surface area contributed by atoms with Crippen molar-refractivity contribution in [1.29, 1.82) is 0 Å². The predicted octanol–water partition coefficient (Wildman–Crippen LogP) is 3.01. The molecule has 0 aliphatic rings. The Morgan fingerprint density at radius 2 is 1.78 bits per heavy atom. The maximum Gasteiger partial charge on any atom is 0.215 e. The molecule has 2 heterocycles. The Kier molecular flexibility index (Phi) is 2.68. The smallest absolute Gasteiger partial charge is 0.137 e. The van der Waals surface area contributed by atoms with Gasteiger partial charge >= 0.3 is 0 Å². The quantitative estimate of drug-likeness (QED) is 0.708. The van der Waals surface area contributed by atoms with Crippen LogP contribution in [0.4, 0.5) is 0 Å². The lowest BCUT2D eigenvalue weighted by atomic mass is 10.2. The molecular weight excluding hydrogens is 244 g/mol. The summed E-state index contributed by atoms with van der Waals surface area (Å²) in [6.07, 6.45) is 0. The molecule has 2 aromatic heterocycles. The van der Waals surface area contributed by atoms with Crippen molar-refractivity contribution < 1.29 is 0 Å². The molecule has 0 saturated carbocycles. The Morgan fingerprint density at radius 1 is 1.00 bits per heavy atom. The molecule has 1 aromatic carbocycles. The van der Waals surface area contributed by atoms with Crippen LogP contribution in [0.15, 0.2) is 36.4 Å². The summed E-state index contributed by atoms with van der Waals surface area (Å²) in [5.74, 6) is 0.675. The van der Waals surface area contributed by atoms with E-state index in [9.17, 15) is 0 Å². The Bertz CT molecular complexity index is 666. The lowest BCUT2D eigenvalue weighted by Gasteiger charge is -1.97. The molecule has 0 saturated heterocycles. The number of benzene rings is 1. The number of tetrazole rings is 1. The molecule has 0 atom stereocenters. The SMILES string of the molecule is Cc1ccc(-n2nnc(-c3ccc(C)s3)n2)cc1. The number of rotatable bonds is 2. The van der Waals surface area contributed by atoms with Gasteiger partial charge in [0.15, 0.2) is 0 Å². The molecule has 0 aliphatic heterocycles. The summed E-state index contributed by atoms with van der Waals surface area (Å²) in [7, 11) is 0. The van der Waals surface area contributed by atoms with Crippen LogP contribution in [0.5, 0.6) is 0 Å². The first kappa shape index (κ1) is 11.1. The number of hydrogen-bond donors (Lipinski definition) is 0. The first-order valence-corrected chi connectivity index (χ1v) is 6.48. The van der Waals surface area contributed by atoms with Crippen molar-refractivity contribution in [3.63, 3.8) is 0 Å². The molecule has 18 heavy (non-hydrogen) atoms. The molecule has 0 amide bonds. The number of nitrogens with zero attached hydrogens (tertiary/aromatic N) is 4. The first-order valence-electron chi connectivity index (χ1n) is 5.66. The largest absolute Gasteiger partial charge is 0.215 e. The van der Waals surface area contributed by atoms with E-state index in [1.807, 2.05) is 30.3 Å². The van der Waals surface area contributed by atoms with E-state index < -0.39 is 0 Å². The summed E-state index contributed by atoms with van der Waals surface area (Å²) in [5.41, 5.74) is 2.14. The molecule has 0 radical (unpaired) electrons. The van der Waals surface area contributed by atoms with Crippen molar-refractivity contribution in [3.8, 4) is 16.4 Å². The minimum Gasteiger partial charge on any atom is -0.137 e. The maximum absolute atomic E-state index is 4.40. The molecule has 0 aliphatic carbocycles. The predicted molar refractivity (Wildman–Crippen MR) is 71.9 cm³/mol. The molecule has 90 valence electrons. The van der Waals surface area contributed by atoms with Crippen molar-refractivity contribution in [2.75, 3.05) is 0 Å². The average molecular weight is 256 g/mol. The van der Waals surface area contributed by atoms with Gasteiger partial charge in [-0.3, -0.25) is 0 Å². The Labute approximate surface area is 109 Å². The summed E-state index contributed by atoms with van der Waals surface area (Å²) in [4.78, 5) is 3.85. The summed E-state index contributed by atoms with van der Waals surface area (Å²) in [6.45, 7) is 4.12. The van der Waals surface area contributed by atoms with E-state index in [0.29, 0.717) is 5.82 Å². The molecule has 0 unspecified atom stereocenters. The van der Waals surface area contributed by atoms with Gasteiger partial charge in [-0.1, -0.05) is 17.7 Å². The minimum absolute atomic E-state index is 0.675. The fourth-order valence-corrected chi connectivity index (χ4v) is 2.45. The van der Waals surface area contributed by atoms with Gasteiger partial charge in [-0.15, -0.1) is 26.3 Å². The Hall–Kier alpha value is -2.01. The zero-order valence-corrected chi connectivity index (χ0v) is 11.0. The van der Waals surface area contributed by atoms with E-state index in [1.165, 1.54) is 10.4 Å². The highest BCUT2D eigenvalue weighted by molar-refractivity contribution is 7.15. The van der Waals surface area contributed by atoms with Crippen LogP contribution in [0.2, 0.25) is 0 Å². The van der Waals surface area contributed by atoms with E-state index in [2.05, 4.69) is 35.3 Å². The second kappa shape index (κ2) is 4.34. The zero-order chi connectivity index (χ0) is 12.5. The van der Waals surface area contributed by atoms with Crippen molar-refractivity contribution in [3.05, 3.63) is 46.8 Å². The number of aryl methyl sites for hydroxylation is 2. The fraction of sp³-hybridized carbons (Fsp3) is 0.154. The second-order valence-electron chi connectivity index (χ2n) is 4.15. The van der Waals surface area contributed by atoms with E-state index >= 15 is 0 Å². The molecule has 5 heteroatoms. The first-order chi connectivity index (χ1) is 8.72. The maximum atomic E-state index is 4.40. The normalized spacial score (nSPS) is 10.8. The number of hydrogen-bond acceptors (Lipinski definition) is 4. The van der Waals surface area contributed by atoms with Crippen LogP contribution >= 0.6 is 11.3 Å². The molecule has 0 bridgehead atoms. The fourth-order valence-electron chi connectivity index (χ4n) is 1.66. The minimum atomic E-state index is 0.675. The summed E-state index contributed by atoms with van der Waals surface area (Å²) in [6, 6.07) is 12.1. The van der Waals surface area contributed by atoms with Crippen LogP contribution in [0.1, 0.15) is 10.4 Å². The summed E-state index contributed by atoms with van der Waals surface area (Å²) >= 11 is 1.67. The molecular formula is C13H12N4S. The lowest BCUT2D eigenvalue weighted by Crippen LogP contribution is -1.98. The van der Waals surface area contributed by atoms with E-state index in [0.717, 1.165) is 10.6 Å². The van der Waals surface area contributed by atoms with Crippen molar-refractivity contribution in [1.82, 2.24) is 20.2 Å². The standard InChI is InChI=1S/C13H12N4S/c1-9-3-6-11(7-4-9)17-15-13(14-16-17)12-8-5-10(2)18-12/h3-8H,1-2H3. The topological polar surface area (TPSA) is 43.6 Å². The highest BCUT2D eigenvalue weighted by Crippen LogP contribution is 2.24. The van der Waals surface area contributed by atoms with Crippen LogP contribution < -0.4 is 0 Å². The van der Waals surface area contributed by atoms with E-state index in [4.69, 9.17) is 0 Å². The molecule has 4 nitrogen and oxygen atoms in total. The molecule has 0 N–H and O–H groups in total. The van der Waals surface area contributed by atoms with Crippen molar-refractivity contribution >= 4 is 11.3 Å².